The zero-order chi connectivity index (χ0) is 14.5. The summed E-state index contributed by atoms with van der Waals surface area (Å²) in [4.78, 5) is 0.674. The topological polar surface area (TPSA) is 26.0 Å². The van der Waals surface area contributed by atoms with Gasteiger partial charge in [0.2, 0.25) is 0 Å². The second-order valence-corrected chi connectivity index (χ2v) is 6.08. The van der Waals surface area contributed by atoms with E-state index in [1.165, 1.54) is 11.8 Å². The fraction of sp³-hybridized carbons (Fsp3) is 0.600. The van der Waals surface area contributed by atoms with Crippen molar-refractivity contribution in [1.29, 1.82) is 0 Å². The number of rotatable bonds is 7. The number of nitrogens with two attached hydrogens (primary N) is 1. The van der Waals surface area contributed by atoms with Crippen molar-refractivity contribution in [1.82, 2.24) is 0 Å². The van der Waals surface area contributed by atoms with Gasteiger partial charge >= 0.3 is 0 Å². The summed E-state index contributed by atoms with van der Waals surface area (Å²) < 4.78 is 27.5. The number of hydrogen-bond donors (Lipinski definition) is 1. The molecule has 0 fully saturated rings. The Morgan fingerprint density at radius 3 is 2.58 bits per heavy atom. The van der Waals surface area contributed by atoms with Crippen LogP contribution in [0.25, 0.3) is 0 Å². The smallest absolute Gasteiger partial charge is 0.271 e. The third kappa shape index (κ3) is 4.77. The largest absolute Gasteiger partial charge is 0.330 e. The molecule has 0 bridgehead atoms. The Bertz CT molecular complexity index is 402. The van der Waals surface area contributed by atoms with Crippen LogP contribution in [-0.2, 0) is 5.92 Å². The van der Waals surface area contributed by atoms with Crippen molar-refractivity contribution in [2.45, 2.75) is 50.3 Å². The first-order valence-electron chi connectivity index (χ1n) is 6.75. The fourth-order valence-electron chi connectivity index (χ4n) is 1.82. The van der Waals surface area contributed by atoms with Gasteiger partial charge in [-0.2, -0.15) is 0 Å². The van der Waals surface area contributed by atoms with E-state index in [1.807, 2.05) is 12.1 Å². The molecule has 0 saturated heterocycles. The molecule has 108 valence electrons. The number of halogens is 2. The average molecular weight is 287 g/mol. The van der Waals surface area contributed by atoms with Crippen LogP contribution in [-0.4, -0.2) is 12.3 Å². The lowest BCUT2D eigenvalue weighted by molar-refractivity contribution is 0.0145. The first-order valence-corrected chi connectivity index (χ1v) is 7.73. The first kappa shape index (κ1) is 16.4. The monoisotopic (exact) mass is 287 g/mol. The van der Waals surface area contributed by atoms with Gasteiger partial charge in [0.15, 0.2) is 0 Å². The van der Waals surface area contributed by atoms with Crippen molar-refractivity contribution in [3.63, 3.8) is 0 Å². The van der Waals surface area contributed by atoms with Crippen molar-refractivity contribution < 1.29 is 8.78 Å². The van der Waals surface area contributed by atoms with Gasteiger partial charge in [-0.1, -0.05) is 19.9 Å². The van der Waals surface area contributed by atoms with Crippen LogP contribution in [0.2, 0.25) is 0 Å². The molecule has 0 spiro atoms. The third-order valence-corrected chi connectivity index (χ3v) is 4.42. The lowest BCUT2D eigenvalue weighted by Gasteiger charge is -2.19. The van der Waals surface area contributed by atoms with E-state index in [9.17, 15) is 8.78 Å². The summed E-state index contributed by atoms with van der Waals surface area (Å²) in [6.07, 6.45) is 1.79. The number of alkyl halides is 2. The lowest BCUT2D eigenvalue weighted by atomic mass is 9.95. The van der Waals surface area contributed by atoms with Crippen LogP contribution in [0.1, 0.15) is 50.7 Å². The van der Waals surface area contributed by atoms with Gasteiger partial charge in [-0.25, -0.2) is 8.78 Å². The molecule has 0 saturated carbocycles. The van der Waals surface area contributed by atoms with Gasteiger partial charge in [0.1, 0.15) is 0 Å². The Morgan fingerprint density at radius 2 is 2.05 bits per heavy atom. The van der Waals surface area contributed by atoms with Crippen LogP contribution in [0, 0.1) is 0 Å². The van der Waals surface area contributed by atoms with Crippen molar-refractivity contribution in [2.75, 3.05) is 12.3 Å². The summed E-state index contributed by atoms with van der Waals surface area (Å²) in [6.45, 7) is 5.69. The van der Waals surface area contributed by atoms with Gasteiger partial charge in [-0.15, -0.1) is 11.8 Å². The summed E-state index contributed by atoms with van der Waals surface area (Å²) in [7, 11) is 0. The Hall–Kier alpha value is -0.610. The molecule has 19 heavy (non-hydrogen) atoms. The number of hydrogen-bond acceptors (Lipinski definition) is 2. The van der Waals surface area contributed by atoms with Crippen molar-refractivity contribution in [3.8, 4) is 0 Å². The molecule has 1 aromatic carbocycles. The normalized spacial score (nSPS) is 13.6. The molecule has 0 aliphatic carbocycles. The molecule has 1 rings (SSSR count). The fourth-order valence-corrected chi connectivity index (χ4v) is 2.91. The van der Waals surface area contributed by atoms with Crippen LogP contribution in [0.15, 0.2) is 23.1 Å². The highest BCUT2D eigenvalue weighted by Gasteiger charge is 2.28. The summed E-state index contributed by atoms with van der Waals surface area (Å²) in [5.41, 5.74) is 6.57. The standard InChI is InChI=1S/C15H23F2NS/c1-4-11(2)12-6-7-14(19-9-5-8-18)13(10-12)15(3,16)17/h6-7,10-11H,4-5,8-9,18H2,1-3H3. The van der Waals surface area contributed by atoms with Crippen LogP contribution in [0.3, 0.4) is 0 Å². The van der Waals surface area contributed by atoms with Crippen LogP contribution in [0.5, 0.6) is 0 Å². The average Bonchev–Trinajstić information content (AvgIpc) is 2.37. The van der Waals surface area contributed by atoms with E-state index < -0.39 is 5.92 Å². The number of thioether (sulfide) groups is 1. The molecular formula is C15H23F2NS. The highest BCUT2D eigenvalue weighted by atomic mass is 32.2. The van der Waals surface area contributed by atoms with Gasteiger partial charge in [0.25, 0.3) is 5.92 Å². The van der Waals surface area contributed by atoms with E-state index in [4.69, 9.17) is 5.73 Å². The van der Waals surface area contributed by atoms with Gasteiger partial charge < -0.3 is 5.73 Å². The van der Waals surface area contributed by atoms with E-state index in [2.05, 4.69) is 13.8 Å². The van der Waals surface area contributed by atoms with E-state index in [0.717, 1.165) is 31.1 Å². The maximum atomic E-state index is 13.7. The van der Waals surface area contributed by atoms with Gasteiger partial charge in [-0.05, 0) is 48.8 Å². The zero-order valence-electron chi connectivity index (χ0n) is 11.9. The molecule has 0 amide bonds. The van der Waals surface area contributed by atoms with Gasteiger partial charge in [-0.3, -0.25) is 0 Å². The van der Waals surface area contributed by atoms with Crippen LogP contribution < -0.4 is 5.73 Å². The van der Waals surface area contributed by atoms with E-state index >= 15 is 0 Å². The SMILES string of the molecule is CCC(C)c1ccc(SCCCN)c(C(C)(F)F)c1. The minimum Gasteiger partial charge on any atom is -0.330 e. The second kappa shape index (κ2) is 7.25. The van der Waals surface area contributed by atoms with Gasteiger partial charge in [0.05, 0.1) is 0 Å². The maximum absolute atomic E-state index is 13.7. The van der Waals surface area contributed by atoms with Crippen molar-refractivity contribution >= 4 is 11.8 Å². The molecule has 1 nitrogen and oxygen atoms in total. The summed E-state index contributed by atoms with van der Waals surface area (Å²) in [5, 5.41) is 0. The number of benzene rings is 1. The molecule has 0 aliphatic heterocycles. The molecular weight excluding hydrogens is 264 g/mol. The molecule has 1 atom stereocenters. The molecule has 0 heterocycles. The summed E-state index contributed by atoms with van der Waals surface area (Å²) in [5.74, 6) is -1.71. The molecule has 1 unspecified atom stereocenters. The highest BCUT2D eigenvalue weighted by Crippen LogP contribution is 2.37. The predicted octanol–water partition coefficient (Wildman–Crippen LogP) is 4.75. The lowest BCUT2D eigenvalue weighted by Crippen LogP contribution is -2.10. The van der Waals surface area contributed by atoms with Crippen LogP contribution in [0.4, 0.5) is 8.78 Å². The first-order chi connectivity index (χ1) is 8.90. The minimum absolute atomic E-state index is 0.146. The van der Waals surface area contributed by atoms with Crippen molar-refractivity contribution in [2.24, 2.45) is 5.73 Å². The van der Waals surface area contributed by atoms with E-state index in [-0.39, 0.29) is 5.56 Å². The molecule has 1 aromatic rings. The molecule has 0 aliphatic rings. The summed E-state index contributed by atoms with van der Waals surface area (Å²) in [6, 6.07) is 5.46. The maximum Gasteiger partial charge on any atom is 0.271 e. The Kier molecular flexibility index (Phi) is 6.27. The zero-order valence-corrected chi connectivity index (χ0v) is 12.7. The Labute approximate surface area is 119 Å². The highest BCUT2D eigenvalue weighted by molar-refractivity contribution is 7.99. The second-order valence-electron chi connectivity index (χ2n) is 4.94. The quantitative estimate of drug-likeness (QED) is 0.578. The van der Waals surface area contributed by atoms with E-state index in [1.54, 1.807) is 6.07 Å². The molecule has 2 N–H and O–H groups in total. The third-order valence-electron chi connectivity index (χ3n) is 3.26. The Balaban J connectivity index is 3.03. The molecule has 0 aromatic heterocycles. The minimum atomic E-state index is -2.80. The molecule has 0 radical (unpaired) electrons. The van der Waals surface area contributed by atoms with Crippen LogP contribution >= 0.6 is 11.8 Å². The molecule has 4 heteroatoms. The Morgan fingerprint density at radius 1 is 1.37 bits per heavy atom. The van der Waals surface area contributed by atoms with Crippen molar-refractivity contribution in [3.05, 3.63) is 29.3 Å². The van der Waals surface area contributed by atoms with E-state index in [0.29, 0.717) is 17.4 Å². The summed E-state index contributed by atoms with van der Waals surface area (Å²) >= 11 is 1.47. The predicted molar refractivity (Wildman–Crippen MR) is 79.1 cm³/mol. The van der Waals surface area contributed by atoms with Gasteiger partial charge in [0, 0.05) is 17.4 Å².